The Kier molecular flexibility index (Phi) is 4.43. The number of hydrogen-bond donors (Lipinski definition) is 1. The number of hydrogen-bond acceptors (Lipinski definition) is 6. The number of aromatic nitrogens is 4. The third-order valence-corrected chi connectivity index (χ3v) is 5.20. The smallest absolute Gasteiger partial charge is 0.274 e. The van der Waals surface area contributed by atoms with Crippen LogP contribution in [-0.4, -0.2) is 67.2 Å². The Morgan fingerprint density at radius 3 is 2.67 bits per heavy atom. The fourth-order valence-electron chi connectivity index (χ4n) is 3.86. The molecule has 2 amide bonds. The van der Waals surface area contributed by atoms with Crippen molar-refractivity contribution in [3.8, 4) is 0 Å². The molecule has 5 rings (SSSR count). The number of carbonyl (C=O) groups is 2. The van der Waals surface area contributed by atoms with E-state index in [4.69, 9.17) is 0 Å². The normalized spacial score (nSPS) is 21.8. The summed E-state index contributed by atoms with van der Waals surface area (Å²) in [5.74, 6) is 0.136. The lowest BCUT2D eigenvalue weighted by Gasteiger charge is -2.35. The second kappa shape index (κ2) is 6.90. The minimum Gasteiger partial charge on any atom is -0.335 e. The lowest BCUT2D eigenvalue weighted by molar-refractivity contribution is 0.0571. The van der Waals surface area contributed by atoms with Crippen molar-refractivity contribution < 1.29 is 9.59 Å². The van der Waals surface area contributed by atoms with Crippen LogP contribution in [0.1, 0.15) is 39.5 Å². The summed E-state index contributed by atoms with van der Waals surface area (Å²) in [7, 11) is 0. The van der Waals surface area contributed by atoms with E-state index in [1.165, 1.54) is 24.8 Å². The second-order valence-corrected chi connectivity index (χ2v) is 7.07. The standard InChI is InChI=1S/C18H20N6O3/c1-11-21-6-14(16(25)22-11)17(26)24-9-12-2-3-13(24)10-23(8-12)18(27)15-7-19-4-5-20-15/h4-7,12-13H,2-3,8-10H2,1H3,(H,21,22,25)/t12-,13+/m0/s1. The van der Waals surface area contributed by atoms with Gasteiger partial charge >= 0.3 is 0 Å². The molecule has 0 aliphatic carbocycles. The molecule has 3 saturated heterocycles. The van der Waals surface area contributed by atoms with E-state index in [2.05, 4.69) is 19.9 Å². The van der Waals surface area contributed by atoms with Gasteiger partial charge in [-0.15, -0.1) is 0 Å². The first kappa shape index (κ1) is 17.3. The third kappa shape index (κ3) is 3.32. The van der Waals surface area contributed by atoms with E-state index in [9.17, 15) is 14.4 Å². The van der Waals surface area contributed by atoms with Gasteiger partial charge in [-0.3, -0.25) is 19.4 Å². The quantitative estimate of drug-likeness (QED) is 0.813. The fraction of sp³-hybridized carbons (Fsp3) is 0.444. The Bertz CT molecular complexity index is 928. The van der Waals surface area contributed by atoms with Gasteiger partial charge in [0, 0.05) is 44.3 Å². The highest BCUT2D eigenvalue weighted by atomic mass is 16.2. The van der Waals surface area contributed by atoms with Crippen molar-refractivity contribution in [3.05, 3.63) is 52.2 Å². The second-order valence-electron chi connectivity index (χ2n) is 7.07. The molecule has 0 unspecified atom stereocenters. The van der Waals surface area contributed by atoms with Crippen LogP contribution in [0.25, 0.3) is 0 Å². The minimum absolute atomic E-state index is 0.0416. The molecule has 3 aliphatic heterocycles. The molecular formula is C18H20N6O3. The number of carbonyl (C=O) groups excluding carboxylic acids is 2. The number of nitrogens with one attached hydrogen (secondary N) is 1. The topological polar surface area (TPSA) is 112 Å². The molecule has 9 nitrogen and oxygen atoms in total. The van der Waals surface area contributed by atoms with E-state index in [1.807, 2.05) is 0 Å². The average Bonchev–Trinajstić information content (AvgIpc) is 2.99. The molecule has 2 aromatic heterocycles. The SMILES string of the molecule is Cc1ncc(C(=O)N2C[C@H]3CC[C@@H]2CN(C(=O)c2cnccn2)C3)c(=O)[nH]1. The van der Waals surface area contributed by atoms with Crippen molar-refractivity contribution >= 4 is 11.8 Å². The number of piperidine rings is 1. The molecule has 3 aliphatic rings. The number of fused-ring (bicyclic) bond motifs is 4. The molecule has 3 fully saturated rings. The molecule has 140 valence electrons. The van der Waals surface area contributed by atoms with E-state index >= 15 is 0 Å². The fourth-order valence-corrected chi connectivity index (χ4v) is 3.86. The summed E-state index contributed by atoms with van der Waals surface area (Å²) < 4.78 is 0. The lowest BCUT2D eigenvalue weighted by atomic mass is 9.94. The summed E-state index contributed by atoms with van der Waals surface area (Å²) in [4.78, 5) is 56.0. The van der Waals surface area contributed by atoms with Crippen molar-refractivity contribution in [2.75, 3.05) is 19.6 Å². The van der Waals surface area contributed by atoms with Crippen LogP contribution in [0.3, 0.4) is 0 Å². The molecule has 2 bridgehead atoms. The Morgan fingerprint density at radius 1 is 1.07 bits per heavy atom. The van der Waals surface area contributed by atoms with Gasteiger partial charge in [0.25, 0.3) is 17.4 Å². The van der Waals surface area contributed by atoms with Gasteiger partial charge < -0.3 is 14.8 Å². The first-order chi connectivity index (χ1) is 13.0. The maximum Gasteiger partial charge on any atom is 0.274 e. The largest absolute Gasteiger partial charge is 0.335 e. The molecule has 1 N–H and O–H groups in total. The summed E-state index contributed by atoms with van der Waals surface area (Å²) in [5.41, 5.74) is -0.0871. The predicted octanol–water partition coefficient (Wildman–Crippen LogP) is 0.245. The number of H-pyrrole nitrogens is 1. The van der Waals surface area contributed by atoms with Gasteiger partial charge in [0.1, 0.15) is 17.1 Å². The van der Waals surface area contributed by atoms with Gasteiger partial charge in [0.2, 0.25) is 0 Å². The molecule has 0 radical (unpaired) electrons. The van der Waals surface area contributed by atoms with Crippen molar-refractivity contribution in [1.82, 2.24) is 29.7 Å². The van der Waals surface area contributed by atoms with E-state index in [0.717, 1.165) is 12.8 Å². The monoisotopic (exact) mass is 368 g/mol. The summed E-state index contributed by atoms with van der Waals surface area (Å²) in [6.45, 7) is 3.19. The van der Waals surface area contributed by atoms with Crippen molar-refractivity contribution in [3.63, 3.8) is 0 Å². The van der Waals surface area contributed by atoms with Gasteiger partial charge in [0.15, 0.2) is 0 Å². The van der Waals surface area contributed by atoms with E-state index in [-0.39, 0.29) is 29.3 Å². The first-order valence-corrected chi connectivity index (χ1v) is 8.95. The molecule has 0 aromatic carbocycles. The first-order valence-electron chi connectivity index (χ1n) is 8.95. The molecule has 0 spiro atoms. The van der Waals surface area contributed by atoms with Crippen LogP contribution >= 0.6 is 0 Å². The number of aryl methyl sites for hydroxylation is 1. The third-order valence-electron chi connectivity index (χ3n) is 5.20. The number of nitrogens with zero attached hydrogens (tertiary/aromatic N) is 5. The van der Waals surface area contributed by atoms with Gasteiger partial charge in [-0.05, 0) is 25.7 Å². The van der Waals surface area contributed by atoms with Crippen LogP contribution in [0.5, 0.6) is 0 Å². The molecule has 9 heteroatoms. The predicted molar refractivity (Wildman–Crippen MR) is 95.1 cm³/mol. The molecular weight excluding hydrogens is 348 g/mol. The van der Waals surface area contributed by atoms with E-state index in [0.29, 0.717) is 31.2 Å². The zero-order valence-electron chi connectivity index (χ0n) is 15.0. The van der Waals surface area contributed by atoms with Gasteiger partial charge in [-0.1, -0.05) is 0 Å². The van der Waals surface area contributed by atoms with Crippen LogP contribution in [-0.2, 0) is 0 Å². The van der Waals surface area contributed by atoms with Crippen molar-refractivity contribution in [2.24, 2.45) is 5.92 Å². The summed E-state index contributed by atoms with van der Waals surface area (Å²) >= 11 is 0. The van der Waals surface area contributed by atoms with Crippen molar-refractivity contribution in [1.29, 1.82) is 0 Å². The highest BCUT2D eigenvalue weighted by molar-refractivity contribution is 5.94. The highest BCUT2D eigenvalue weighted by Gasteiger charge is 2.39. The van der Waals surface area contributed by atoms with E-state index < -0.39 is 5.56 Å². The van der Waals surface area contributed by atoms with Crippen LogP contribution in [0.2, 0.25) is 0 Å². The number of aromatic amines is 1. The van der Waals surface area contributed by atoms with Crippen molar-refractivity contribution in [2.45, 2.75) is 25.8 Å². The summed E-state index contributed by atoms with van der Waals surface area (Å²) in [6, 6.07) is -0.127. The Hall–Kier alpha value is -3.10. The molecule has 0 saturated carbocycles. The maximum atomic E-state index is 13.0. The van der Waals surface area contributed by atoms with Crippen LogP contribution in [0.15, 0.2) is 29.6 Å². The van der Waals surface area contributed by atoms with Crippen LogP contribution in [0, 0.1) is 12.8 Å². The Balaban J connectivity index is 1.57. The Labute approximate surface area is 155 Å². The molecule has 27 heavy (non-hydrogen) atoms. The Morgan fingerprint density at radius 2 is 1.93 bits per heavy atom. The number of amides is 2. The molecule has 2 aromatic rings. The van der Waals surface area contributed by atoms with E-state index in [1.54, 1.807) is 16.7 Å². The van der Waals surface area contributed by atoms with Crippen LogP contribution in [0.4, 0.5) is 0 Å². The average molecular weight is 368 g/mol. The molecule has 5 heterocycles. The summed E-state index contributed by atoms with van der Waals surface area (Å²) in [6.07, 6.45) is 7.55. The zero-order chi connectivity index (χ0) is 19.0. The summed E-state index contributed by atoms with van der Waals surface area (Å²) in [5, 5.41) is 0. The lowest BCUT2D eigenvalue weighted by Crippen LogP contribution is -2.49. The molecule has 2 atom stereocenters. The van der Waals surface area contributed by atoms with Gasteiger partial charge in [-0.25, -0.2) is 9.97 Å². The zero-order valence-corrected chi connectivity index (χ0v) is 15.0. The van der Waals surface area contributed by atoms with Gasteiger partial charge in [-0.2, -0.15) is 0 Å². The minimum atomic E-state index is -0.430. The number of rotatable bonds is 2. The van der Waals surface area contributed by atoms with Crippen LogP contribution < -0.4 is 5.56 Å². The van der Waals surface area contributed by atoms with Gasteiger partial charge in [0.05, 0.1) is 6.20 Å². The maximum absolute atomic E-state index is 13.0. The highest BCUT2D eigenvalue weighted by Crippen LogP contribution is 2.29.